The van der Waals surface area contributed by atoms with E-state index in [9.17, 15) is 0 Å². The van der Waals surface area contributed by atoms with Crippen molar-refractivity contribution < 1.29 is 14.2 Å². The normalized spacial score (nSPS) is 15.6. The fourth-order valence-electron chi connectivity index (χ4n) is 9.30. The minimum Gasteiger partial charge on any atom is -0.497 e. The SMILES string of the molecule is COc1ccc(C2(c3ccc(-c4nc(-c5ccccc5)nc(-c5ccccc5)n4)cc3)C=Cc3c4c(c5ccc(OC)cc5c3O2)-c2ccc(-c3ncccn3)cc2C4(C)C)cc1. The molecule has 1 unspecified atom stereocenters. The van der Waals surface area contributed by atoms with E-state index in [4.69, 9.17) is 29.2 Å². The average Bonchev–Trinajstić information content (AvgIpc) is 3.60. The first-order valence-electron chi connectivity index (χ1n) is 21.0. The van der Waals surface area contributed by atoms with Gasteiger partial charge in [0.2, 0.25) is 0 Å². The number of aromatic nitrogens is 5. The van der Waals surface area contributed by atoms with E-state index in [0.717, 1.165) is 67.0 Å². The predicted molar refractivity (Wildman–Crippen MR) is 249 cm³/mol. The fraction of sp³-hybridized carbons (Fsp3) is 0.109. The van der Waals surface area contributed by atoms with E-state index < -0.39 is 5.60 Å². The van der Waals surface area contributed by atoms with Crippen LogP contribution in [0.25, 0.3) is 73.5 Å². The summed E-state index contributed by atoms with van der Waals surface area (Å²) in [5.41, 5.74) is 9.99. The van der Waals surface area contributed by atoms with Crippen molar-refractivity contribution in [1.29, 1.82) is 0 Å². The van der Waals surface area contributed by atoms with Crippen LogP contribution in [0.5, 0.6) is 17.2 Å². The first-order chi connectivity index (χ1) is 30.8. The van der Waals surface area contributed by atoms with Gasteiger partial charge in [0.1, 0.15) is 17.2 Å². The van der Waals surface area contributed by atoms with Gasteiger partial charge in [0.05, 0.1) is 14.2 Å². The van der Waals surface area contributed by atoms with Gasteiger partial charge >= 0.3 is 0 Å². The Morgan fingerprint density at radius 3 is 1.67 bits per heavy atom. The van der Waals surface area contributed by atoms with E-state index in [-0.39, 0.29) is 5.41 Å². The Morgan fingerprint density at radius 1 is 0.508 bits per heavy atom. The number of nitrogens with zero attached hydrogens (tertiary/aromatic N) is 5. The van der Waals surface area contributed by atoms with Crippen LogP contribution >= 0.6 is 0 Å². The van der Waals surface area contributed by atoms with Gasteiger partial charge in [0.25, 0.3) is 0 Å². The van der Waals surface area contributed by atoms with Crippen LogP contribution in [0.4, 0.5) is 0 Å². The molecule has 9 aromatic rings. The molecule has 7 aromatic carbocycles. The second-order valence-corrected chi connectivity index (χ2v) is 16.4. The molecule has 0 saturated carbocycles. The highest BCUT2D eigenvalue weighted by atomic mass is 16.5. The summed E-state index contributed by atoms with van der Waals surface area (Å²) in [6.07, 6.45) is 8.03. The molecule has 304 valence electrons. The van der Waals surface area contributed by atoms with E-state index in [1.165, 1.54) is 22.3 Å². The van der Waals surface area contributed by atoms with Crippen molar-refractivity contribution in [2.75, 3.05) is 14.2 Å². The average molecular weight is 820 g/mol. The number of hydrogen-bond donors (Lipinski definition) is 0. The molecule has 0 spiro atoms. The molecular formula is C55H41N5O3. The fourth-order valence-corrected chi connectivity index (χ4v) is 9.30. The van der Waals surface area contributed by atoms with Gasteiger partial charge in [0.15, 0.2) is 28.9 Å². The lowest BCUT2D eigenvalue weighted by Gasteiger charge is -2.38. The molecule has 2 aliphatic rings. The lowest BCUT2D eigenvalue weighted by Crippen LogP contribution is -2.35. The van der Waals surface area contributed by atoms with Gasteiger partial charge in [-0.05, 0) is 76.2 Å². The summed E-state index contributed by atoms with van der Waals surface area (Å²) in [6.45, 7) is 4.60. The maximum absolute atomic E-state index is 7.64. The monoisotopic (exact) mass is 819 g/mol. The smallest absolute Gasteiger partial charge is 0.178 e. The van der Waals surface area contributed by atoms with Crippen LogP contribution in [0.1, 0.15) is 41.7 Å². The van der Waals surface area contributed by atoms with Crippen molar-refractivity contribution >= 4 is 16.8 Å². The molecule has 11 rings (SSSR count). The Bertz CT molecular complexity index is 3170. The van der Waals surface area contributed by atoms with Gasteiger partial charge in [-0.15, -0.1) is 0 Å². The van der Waals surface area contributed by atoms with Crippen molar-refractivity contribution in [3.8, 4) is 73.9 Å². The summed E-state index contributed by atoms with van der Waals surface area (Å²) in [7, 11) is 3.38. The molecule has 63 heavy (non-hydrogen) atoms. The van der Waals surface area contributed by atoms with Gasteiger partial charge in [0, 0.05) is 62.1 Å². The maximum atomic E-state index is 7.64. The molecule has 3 heterocycles. The van der Waals surface area contributed by atoms with E-state index in [0.29, 0.717) is 23.3 Å². The summed E-state index contributed by atoms with van der Waals surface area (Å²) in [6, 6.07) is 51.3. The minimum absolute atomic E-state index is 0.384. The number of ether oxygens (including phenoxy) is 3. The highest BCUT2D eigenvalue weighted by Gasteiger charge is 2.44. The summed E-state index contributed by atoms with van der Waals surface area (Å²) in [4.78, 5) is 24.1. The van der Waals surface area contributed by atoms with Gasteiger partial charge in [-0.3, -0.25) is 0 Å². The standard InChI is InChI=1S/C55H41N5O3/c1-54(2)46-32-37(50-56-30-11-31-57-50)18-26-43(46)47-42-27-25-41(62-4)33-45(42)49-44(48(47)54)28-29-55(63-49,39-21-23-40(61-3)24-22-39)38-19-16-36(17-20-38)53-59-51(34-12-7-5-8-13-34)58-52(60-53)35-14-9-6-10-15-35/h5-33H,1-4H3. The second-order valence-electron chi connectivity index (χ2n) is 16.4. The van der Waals surface area contributed by atoms with Crippen LogP contribution in [0.2, 0.25) is 0 Å². The zero-order chi connectivity index (χ0) is 42.7. The number of fused-ring (bicyclic) bond motifs is 8. The molecule has 8 heteroatoms. The summed E-state index contributed by atoms with van der Waals surface area (Å²) < 4.78 is 19.1. The third-order valence-corrected chi connectivity index (χ3v) is 12.5. The number of methoxy groups -OCH3 is 2. The van der Waals surface area contributed by atoms with Gasteiger partial charge in [-0.1, -0.05) is 129 Å². The van der Waals surface area contributed by atoms with Crippen LogP contribution in [-0.4, -0.2) is 39.1 Å². The minimum atomic E-state index is -1.03. The van der Waals surface area contributed by atoms with Crippen LogP contribution in [-0.2, 0) is 11.0 Å². The number of rotatable bonds is 8. The Kier molecular flexibility index (Phi) is 8.98. The maximum Gasteiger partial charge on any atom is 0.178 e. The zero-order valence-corrected chi connectivity index (χ0v) is 35.2. The van der Waals surface area contributed by atoms with Crippen LogP contribution < -0.4 is 14.2 Å². The predicted octanol–water partition coefficient (Wildman–Crippen LogP) is 12.2. The quantitative estimate of drug-likeness (QED) is 0.150. The zero-order valence-electron chi connectivity index (χ0n) is 35.2. The summed E-state index contributed by atoms with van der Waals surface area (Å²) in [5, 5.41) is 2.06. The third-order valence-electron chi connectivity index (χ3n) is 12.5. The largest absolute Gasteiger partial charge is 0.497 e. The van der Waals surface area contributed by atoms with Gasteiger partial charge < -0.3 is 14.2 Å². The topological polar surface area (TPSA) is 92.1 Å². The molecule has 1 aliphatic carbocycles. The van der Waals surface area contributed by atoms with E-state index in [2.05, 4.69) is 103 Å². The lowest BCUT2D eigenvalue weighted by atomic mass is 9.76. The van der Waals surface area contributed by atoms with Crippen molar-refractivity contribution in [2.45, 2.75) is 24.9 Å². The van der Waals surface area contributed by atoms with Crippen molar-refractivity contribution in [1.82, 2.24) is 24.9 Å². The number of hydrogen-bond acceptors (Lipinski definition) is 8. The van der Waals surface area contributed by atoms with Gasteiger partial charge in [-0.2, -0.15) is 0 Å². The van der Waals surface area contributed by atoms with Crippen molar-refractivity contribution in [3.05, 3.63) is 198 Å². The molecule has 1 atom stereocenters. The molecule has 0 amide bonds. The van der Waals surface area contributed by atoms with Crippen LogP contribution in [0.15, 0.2) is 170 Å². The molecule has 0 N–H and O–H groups in total. The van der Waals surface area contributed by atoms with Crippen LogP contribution in [0, 0.1) is 0 Å². The van der Waals surface area contributed by atoms with Crippen molar-refractivity contribution in [3.63, 3.8) is 0 Å². The second kappa shape index (κ2) is 14.9. The first-order valence-corrected chi connectivity index (χ1v) is 21.0. The molecular weight excluding hydrogens is 779 g/mol. The molecule has 1 aliphatic heterocycles. The highest BCUT2D eigenvalue weighted by Crippen LogP contribution is 2.59. The Labute approximate surface area is 365 Å². The summed E-state index contributed by atoms with van der Waals surface area (Å²) in [5.74, 6) is 4.79. The lowest BCUT2D eigenvalue weighted by molar-refractivity contribution is 0.163. The molecule has 0 saturated heterocycles. The molecule has 0 fully saturated rings. The molecule has 0 bridgehead atoms. The molecule has 0 radical (unpaired) electrons. The Hall–Kier alpha value is -7.97. The van der Waals surface area contributed by atoms with Crippen molar-refractivity contribution in [2.24, 2.45) is 0 Å². The number of benzene rings is 7. The van der Waals surface area contributed by atoms with Crippen LogP contribution in [0.3, 0.4) is 0 Å². The molecule has 2 aromatic heterocycles. The highest BCUT2D eigenvalue weighted by molar-refractivity contribution is 6.09. The first kappa shape index (κ1) is 38.0. The Balaban J connectivity index is 1.08. The van der Waals surface area contributed by atoms with E-state index in [1.807, 2.05) is 84.9 Å². The molecule has 8 nitrogen and oxygen atoms in total. The van der Waals surface area contributed by atoms with E-state index >= 15 is 0 Å². The van der Waals surface area contributed by atoms with Gasteiger partial charge in [-0.25, -0.2) is 24.9 Å². The summed E-state index contributed by atoms with van der Waals surface area (Å²) >= 11 is 0. The van der Waals surface area contributed by atoms with E-state index in [1.54, 1.807) is 26.6 Å². The Morgan fingerprint density at radius 2 is 1.06 bits per heavy atom. The third kappa shape index (κ3) is 6.25.